The van der Waals surface area contributed by atoms with Crippen LogP contribution in [-0.2, 0) is 0 Å². The Morgan fingerprint density at radius 1 is 1.47 bits per heavy atom. The molecule has 1 aromatic rings. The van der Waals surface area contributed by atoms with Crippen molar-refractivity contribution < 1.29 is 9.90 Å². The van der Waals surface area contributed by atoms with Gasteiger partial charge in [-0.15, -0.1) is 0 Å². The number of carbonyl (C=O) groups is 1. The Labute approximate surface area is 102 Å². The largest absolute Gasteiger partial charge is 0.477 e. The minimum Gasteiger partial charge on any atom is -0.477 e. The molecule has 1 atom stereocenters. The number of carboxylic acid groups (broad SMARTS) is 1. The van der Waals surface area contributed by atoms with Gasteiger partial charge >= 0.3 is 5.97 Å². The fourth-order valence-electron chi connectivity index (χ4n) is 1.61. The van der Waals surface area contributed by atoms with Crippen LogP contribution in [0.2, 0.25) is 0 Å². The number of hydrogen-bond acceptors (Lipinski definition) is 3. The van der Waals surface area contributed by atoms with Crippen LogP contribution in [0.4, 0.5) is 5.82 Å². The van der Waals surface area contributed by atoms with Crippen molar-refractivity contribution in [3.63, 3.8) is 0 Å². The van der Waals surface area contributed by atoms with E-state index >= 15 is 0 Å². The molecular formula is C13H20N2O2. The van der Waals surface area contributed by atoms with Crippen molar-refractivity contribution in [2.75, 3.05) is 18.0 Å². The van der Waals surface area contributed by atoms with Crippen molar-refractivity contribution in [1.82, 2.24) is 4.98 Å². The van der Waals surface area contributed by atoms with Gasteiger partial charge in [-0.3, -0.25) is 0 Å². The van der Waals surface area contributed by atoms with E-state index in [2.05, 4.69) is 30.7 Å². The summed E-state index contributed by atoms with van der Waals surface area (Å²) in [7, 11) is 0. The molecular weight excluding hydrogens is 216 g/mol. The summed E-state index contributed by atoms with van der Waals surface area (Å²) in [6.45, 7) is 8.13. The standard InChI is InChI=1S/C13H20N2O2/c1-4-10(3)9-15(5-2)12-8-6-7-11(14-12)13(16)17/h6-8,10H,4-5,9H2,1-3H3,(H,16,17). The fourth-order valence-corrected chi connectivity index (χ4v) is 1.61. The number of anilines is 1. The maximum atomic E-state index is 10.9. The van der Waals surface area contributed by atoms with E-state index in [1.807, 2.05) is 6.07 Å². The maximum Gasteiger partial charge on any atom is 0.354 e. The van der Waals surface area contributed by atoms with Crippen LogP contribution < -0.4 is 4.90 Å². The van der Waals surface area contributed by atoms with Crippen LogP contribution in [0, 0.1) is 5.92 Å². The first-order valence-electron chi connectivity index (χ1n) is 6.03. The molecule has 1 unspecified atom stereocenters. The van der Waals surface area contributed by atoms with Crippen molar-refractivity contribution >= 4 is 11.8 Å². The van der Waals surface area contributed by atoms with E-state index in [0.717, 1.165) is 25.3 Å². The second-order valence-electron chi connectivity index (χ2n) is 4.24. The molecule has 0 aliphatic heterocycles. The van der Waals surface area contributed by atoms with Gasteiger partial charge in [0.05, 0.1) is 0 Å². The Kier molecular flexibility index (Phi) is 4.94. The SMILES string of the molecule is CCC(C)CN(CC)c1cccc(C(=O)O)n1. The quantitative estimate of drug-likeness (QED) is 0.825. The van der Waals surface area contributed by atoms with E-state index in [9.17, 15) is 4.79 Å². The van der Waals surface area contributed by atoms with E-state index in [1.54, 1.807) is 6.07 Å². The number of aromatic nitrogens is 1. The van der Waals surface area contributed by atoms with Crippen LogP contribution in [0.15, 0.2) is 18.2 Å². The number of hydrogen-bond donors (Lipinski definition) is 1. The lowest BCUT2D eigenvalue weighted by Crippen LogP contribution is -2.29. The van der Waals surface area contributed by atoms with Gasteiger partial charge in [0.2, 0.25) is 0 Å². The Morgan fingerprint density at radius 2 is 2.18 bits per heavy atom. The Hall–Kier alpha value is -1.58. The molecule has 0 amide bonds. The zero-order valence-electron chi connectivity index (χ0n) is 10.7. The highest BCUT2D eigenvalue weighted by Gasteiger charge is 2.12. The molecule has 4 nitrogen and oxygen atoms in total. The molecule has 0 fully saturated rings. The maximum absolute atomic E-state index is 10.9. The van der Waals surface area contributed by atoms with Gasteiger partial charge in [0.25, 0.3) is 0 Å². The van der Waals surface area contributed by atoms with Crippen LogP contribution in [0.25, 0.3) is 0 Å². The lowest BCUT2D eigenvalue weighted by atomic mass is 10.1. The third kappa shape index (κ3) is 3.73. The molecule has 17 heavy (non-hydrogen) atoms. The highest BCUT2D eigenvalue weighted by Crippen LogP contribution is 2.14. The summed E-state index contributed by atoms with van der Waals surface area (Å²) in [5, 5.41) is 8.91. The lowest BCUT2D eigenvalue weighted by Gasteiger charge is -2.25. The van der Waals surface area contributed by atoms with E-state index in [0.29, 0.717) is 5.92 Å². The van der Waals surface area contributed by atoms with Crippen molar-refractivity contribution in [1.29, 1.82) is 0 Å². The zero-order valence-corrected chi connectivity index (χ0v) is 10.7. The molecule has 0 radical (unpaired) electrons. The van der Waals surface area contributed by atoms with Crippen molar-refractivity contribution in [2.45, 2.75) is 27.2 Å². The summed E-state index contributed by atoms with van der Waals surface area (Å²) >= 11 is 0. The molecule has 0 aromatic carbocycles. The van der Waals surface area contributed by atoms with Gasteiger partial charge in [-0.1, -0.05) is 26.3 Å². The smallest absolute Gasteiger partial charge is 0.354 e. The molecule has 4 heteroatoms. The minimum atomic E-state index is -0.980. The average Bonchev–Trinajstić information content (AvgIpc) is 2.35. The molecule has 1 rings (SSSR count). The minimum absolute atomic E-state index is 0.102. The number of rotatable bonds is 6. The normalized spacial score (nSPS) is 12.2. The van der Waals surface area contributed by atoms with E-state index < -0.39 is 5.97 Å². The first-order valence-corrected chi connectivity index (χ1v) is 6.03. The molecule has 1 heterocycles. The van der Waals surface area contributed by atoms with Gasteiger partial charge in [-0.05, 0) is 25.0 Å². The monoisotopic (exact) mass is 236 g/mol. The van der Waals surface area contributed by atoms with Gasteiger partial charge in [-0.2, -0.15) is 0 Å². The topological polar surface area (TPSA) is 53.4 Å². The lowest BCUT2D eigenvalue weighted by molar-refractivity contribution is 0.0690. The molecule has 1 aromatic heterocycles. The van der Waals surface area contributed by atoms with Gasteiger partial charge in [0.15, 0.2) is 5.69 Å². The highest BCUT2D eigenvalue weighted by atomic mass is 16.4. The molecule has 0 bridgehead atoms. The third-order valence-corrected chi connectivity index (χ3v) is 2.89. The van der Waals surface area contributed by atoms with Gasteiger partial charge in [0.1, 0.15) is 5.82 Å². The van der Waals surface area contributed by atoms with Gasteiger partial charge < -0.3 is 10.0 Å². The van der Waals surface area contributed by atoms with Crippen LogP contribution in [-0.4, -0.2) is 29.1 Å². The number of pyridine rings is 1. The summed E-state index contributed by atoms with van der Waals surface area (Å²) < 4.78 is 0. The fraction of sp³-hybridized carbons (Fsp3) is 0.538. The van der Waals surface area contributed by atoms with Crippen molar-refractivity contribution in [2.24, 2.45) is 5.92 Å². The summed E-state index contributed by atoms with van der Waals surface area (Å²) in [4.78, 5) is 17.1. The summed E-state index contributed by atoms with van der Waals surface area (Å²) in [5.41, 5.74) is 0.102. The van der Waals surface area contributed by atoms with Crippen LogP contribution in [0.3, 0.4) is 0 Å². The van der Waals surface area contributed by atoms with E-state index in [1.165, 1.54) is 6.07 Å². The van der Waals surface area contributed by atoms with Crippen LogP contribution >= 0.6 is 0 Å². The van der Waals surface area contributed by atoms with E-state index in [4.69, 9.17) is 5.11 Å². The third-order valence-electron chi connectivity index (χ3n) is 2.89. The Morgan fingerprint density at radius 3 is 2.71 bits per heavy atom. The predicted molar refractivity (Wildman–Crippen MR) is 68.5 cm³/mol. The van der Waals surface area contributed by atoms with Gasteiger partial charge in [-0.25, -0.2) is 9.78 Å². The molecule has 0 saturated heterocycles. The van der Waals surface area contributed by atoms with Crippen molar-refractivity contribution in [3.8, 4) is 0 Å². The number of aromatic carboxylic acids is 1. The summed E-state index contributed by atoms with van der Waals surface area (Å²) in [6.07, 6.45) is 1.11. The van der Waals surface area contributed by atoms with Crippen LogP contribution in [0.5, 0.6) is 0 Å². The molecule has 0 aliphatic carbocycles. The second kappa shape index (κ2) is 6.23. The predicted octanol–water partition coefficient (Wildman–Crippen LogP) is 2.65. The first-order chi connectivity index (χ1) is 8.08. The second-order valence-corrected chi connectivity index (χ2v) is 4.24. The number of nitrogens with zero attached hydrogens (tertiary/aromatic N) is 2. The summed E-state index contributed by atoms with van der Waals surface area (Å²) in [5.74, 6) is 0.337. The highest BCUT2D eigenvalue weighted by molar-refractivity contribution is 5.85. The average molecular weight is 236 g/mol. The van der Waals surface area contributed by atoms with Crippen LogP contribution in [0.1, 0.15) is 37.7 Å². The molecule has 0 spiro atoms. The van der Waals surface area contributed by atoms with E-state index in [-0.39, 0.29) is 5.69 Å². The molecule has 0 aliphatic rings. The molecule has 0 saturated carbocycles. The van der Waals surface area contributed by atoms with Gasteiger partial charge in [0, 0.05) is 13.1 Å². The molecule has 1 N–H and O–H groups in total. The zero-order chi connectivity index (χ0) is 12.8. The Bertz CT molecular complexity index is 379. The Balaban J connectivity index is 2.88. The van der Waals surface area contributed by atoms with Crippen molar-refractivity contribution in [3.05, 3.63) is 23.9 Å². The summed E-state index contributed by atoms with van der Waals surface area (Å²) in [6, 6.07) is 5.12. The number of carboxylic acids is 1. The first kappa shape index (κ1) is 13.5. The molecule has 94 valence electrons.